The molecule has 104 valence electrons. The summed E-state index contributed by atoms with van der Waals surface area (Å²) < 4.78 is 39.4. The molecular weight excluding hydrogens is 273 g/mol. The zero-order valence-electron chi connectivity index (χ0n) is 10.3. The van der Waals surface area contributed by atoms with Gasteiger partial charge in [0.05, 0.1) is 5.69 Å². The van der Waals surface area contributed by atoms with E-state index in [0.29, 0.717) is 13.0 Å². The number of anilines is 1. The van der Waals surface area contributed by atoms with Gasteiger partial charge < -0.3 is 10.6 Å². The highest BCUT2D eigenvalue weighted by atomic mass is 32.2. The number of rotatable bonds is 3. The molecule has 0 spiro atoms. The topological polar surface area (TPSA) is 92.5 Å². The summed E-state index contributed by atoms with van der Waals surface area (Å²) in [6.45, 7) is 0.491. The minimum atomic E-state index is -3.94. The number of hydrogen-bond acceptors (Lipinski definition) is 4. The predicted molar refractivity (Wildman–Crippen MR) is 67.2 cm³/mol. The summed E-state index contributed by atoms with van der Waals surface area (Å²) in [6.07, 6.45) is 0.398. The molecular formula is C11H14FN3O3S. The number of benzene rings is 1. The Morgan fingerprint density at radius 2 is 2.16 bits per heavy atom. The number of amides is 1. The molecule has 0 aromatic heterocycles. The monoisotopic (exact) mass is 287 g/mol. The van der Waals surface area contributed by atoms with E-state index in [2.05, 4.69) is 4.72 Å². The highest BCUT2D eigenvalue weighted by Crippen LogP contribution is 2.20. The molecule has 0 radical (unpaired) electrons. The molecule has 1 amide bonds. The van der Waals surface area contributed by atoms with Crippen LogP contribution in [0.3, 0.4) is 0 Å². The Hall–Kier alpha value is -1.67. The third-order valence-corrected chi connectivity index (χ3v) is 4.53. The first-order valence-electron chi connectivity index (χ1n) is 5.63. The number of nitrogens with zero attached hydrogens (tertiary/aromatic N) is 1. The van der Waals surface area contributed by atoms with Gasteiger partial charge in [0.15, 0.2) is 0 Å². The smallest absolute Gasteiger partial charge is 0.243 e. The van der Waals surface area contributed by atoms with Gasteiger partial charge in [-0.2, -0.15) is 4.72 Å². The molecule has 0 bridgehead atoms. The Balaban J connectivity index is 2.26. The summed E-state index contributed by atoms with van der Waals surface area (Å²) in [5.41, 5.74) is 5.30. The molecule has 3 N–H and O–H groups in total. The van der Waals surface area contributed by atoms with E-state index in [-0.39, 0.29) is 16.5 Å². The third-order valence-electron chi connectivity index (χ3n) is 2.99. The van der Waals surface area contributed by atoms with E-state index >= 15 is 0 Å². The number of sulfonamides is 1. The summed E-state index contributed by atoms with van der Waals surface area (Å²) in [6, 6.07) is 2.22. The zero-order valence-corrected chi connectivity index (χ0v) is 11.1. The van der Waals surface area contributed by atoms with Crippen LogP contribution in [-0.2, 0) is 14.8 Å². The molecule has 1 saturated heterocycles. The van der Waals surface area contributed by atoms with Crippen LogP contribution in [0.2, 0.25) is 0 Å². The highest BCUT2D eigenvalue weighted by molar-refractivity contribution is 7.89. The van der Waals surface area contributed by atoms with Crippen molar-refractivity contribution in [1.29, 1.82) is 0 Å². The number of nitrogens with two attached hydrogens (primary N) is 1. The molecule has 2 rings (SSSR count). The molecule has 0 aliphatic carbocycles. The fraction of sp³-hybridized carbons (Fsp3) is 0.364. The molecule has 1 aliphatic rings. The maximum Gasteiger partial charge on any atom is 0.243 e. The number of likely N-dealkylation sites (N-methyl/N-ethyl adjacent to an activating group) is 1. The van der Waals surface area contributed by atoms with Crippen molar-refractivity contribution in [2.24, 2.45) is 0 Å². The maximum absolute atomic E-state index is 12.9. The Labute approximate surface area is 110 Å². The van der Waals surface area contributed by atoms with Crippen molar-refractivity contribution in [2.45, 2.75) is 17.4 Å². The third kappa shape index (κ3) is 2.69. The van der Waals surface area contributed by atoms with Crippen LogP contribution in [0.5, 0.6) is 0 Å². The van der Waals surface area contributed by atoms with Crippen LogP contribution in [0, 0.1) is 5.82 Å². The van der Waals surface area contributed by atoms with Crippen molar-refractivity contribution in [3.63, 3.8) is 0 Å². The zero-order chi connectivity index (χ0) is 14.2. The van der Waals surface area contributed by atoms with Crippen LogP contribution in [0.15, 0.2) is 23.1 Å². The first-order chi connectivity index (χ1) is 8.81. The van der Waals surface area contributed by atoms with Gasteiger partial charge in [-0.3, -0.25) is 4.79 Å². The van der Waals surface area contributed by atoms with Crippen molar-refractivity contribution in [3.8, 4) is 0 Å². The molecule has 1 fully saturated rings. The summed E-state index contributed by atoms with van der Waals surface area (Å²) >= 11 is 0. The van der Waals surface area contributed by atoms with Gasteiger partial charge in [-0.05, 0) is 24.6 Å². The number of carbonyl (C=O) groups excluding carboxylic acids is 1. The average molecular weight is 287 g/mol. The number of likely N-dealkylation sites (tertiary alicyclic amines) is 1. The molecule has 8 heteroatoms. The van der Waals surface area contributed by atoms with Gasteiger partial charge in [0.1, 0.15) is 16.8 Å². The van der Waals surface area contributed by atoms with Crippen molar-refractivity contribution in [2.75, 3.05) is 19.3 Å². The molecule has 1 aliphatic heterocycles. The Morgan fingerprint density at radius 1 is 1.47 bits per heavy atom. The normalized spacial score (nSPS) is 20.0. The van der Waals surface area contributed by atoms with Gasteiger partial charge in [-0.25, -0.2) is 12.8 Å². The SMILES string of the molecule is CN1CCC(NS(=O)(=O)c2ccc(F)cc2N)C1=O. The summed E-state index contributed by atoms with van der Waals surface area (Å²) in [7, 11) is -2.34. The fourth-order valence-corrected chi connectivity index (χ4v) is 3.28. The van der Waals surface area contributed by atoms with Crippen molar-refractivity contribution < 1.29 is 17.6 Å². The van der Waals surface area contributed by atoms with Crippen LogP contribution in [0.4, 0.5) is 10.1 Å². The second kappa shape index (κ2) is 4.78. The van der Waals surface area contributed by atoms with Gasteiger partial charge >= 0.3 is 0 Å². The van der Waals surface area contributed by atoms with Crippen LogP contribution in [0.1, 0.15) is 6.42 Å². The molecule has 1 unspecified atom stereocenters. The number of hydrogen-bond donors (Lipinski definition) is 2. The van der Waals surface area contributed by atoms with E-state index in [0.717, 1.165) is 18.2 Å². The van der Waals surface area contributed by atoms with Crippen LogP contribution in [-0.4, -0.2) is 38.9 Å². The van der Waals surface area contributed by atoms with Crippen molar-refractivity contribution in [3.05, 3.63) is 24.0 Å². The van der Waals surface area contributed by atoms with Crippen LogP contribution >= 0.6 is 0 Å². The summed E-state index contributed by atoms with van der Waals surface area (Å²) in [4.78, 5) is 12.9. The second-order valence-electron chi connectivity index (χ2n) is 4.40. The van der Waals surface area contributed by atoms with E-state index < -0.39 is 21.9 Å². The first-order valence-corrected chi connectivity index (χ1v) is 7.12. The van der Waals surface area contributed by atoms with E-state index in [1.54, 1.807) is 7.05 Å². The van der Waals surface area contributed by atoms with Crippen LogP contribution in [0.25, 0.3) is 0 Å². The van der Waals surface area contributed by atoms with E-state index in [9.17, 15) is 17.6 Å². The second-order valence-corrected chi connectivity index (χ2v) is 6.09. The minimum Gasteiger partial charge on any atom is -0.398 e. The lowest BCUT2D eigenvalue weighted by Crippen LogP contribution is -2.40. The molecule has 1 heterocycles. The number of nitrogen functional groups attached to an aromatic ring is 1. The predicted octanol–water partition coefficient (Wildman–Crippen LogP) is -0.0831. The molecule has 1 aromatic rings. The Kier molecular flexibility index (Phi) is 3.46. The lowest BCUT2D eigenvalue weighted by molar-refractivity contribution is -0.127. The first kappa shape index (κ1) is 13.8. The standard InChI is InChI=1S/C11H14FN3O3S/c1-15-5-4-9(11(15)16)14-19(17,18)10-3-2-7(12)6-8(10)13/h2-3,6,9,14H,4-5,13H2,1H3. The lowest BCUT2D eigenvalue weighted by Gasteiger charge is -2.13. The molecule has 6 nitrogen and oxygen atoms in total. The van der Waals surface area contributed by atoms with Gasteiger partial charge in [0.2, 0.25) is 15.9 Å². The maximum atomic E-state index is 12.9. The number of halogens is 1. The summed E-state index contributed by atoms with van der Waals surface area (Å²) in [5.74, 6) is -0.905. The van der Waals surface area contributed by atoms with Crippen LogP contribution < -0.4 is 10.5 Å². The number of nitrogens with one attached hydrogen (secondary N) is 1. The molecule has 1 aromatic carbocycles. The van der Waals surface area contributed by atoms with E-state index in [1.807, 2.05) is 0 Å². The molecule has 19 heavy (non-hydrogen) atoms. The number of carbonyl (C=O) groups is 1. The van der Waals surface area contributed by atoms with Crippen molar-refractivity contribution >= 4 is 21.6 Å². The summed E-state index contributed by atoms with van der Waals surface area (Å²) in [5, 5.41) is 0. The van der Waals surface area contributed by atoms with E-state index in [1.165, 1.54) is 4.90 Å². The van der Waals surface area contributed by atoms with Gasteiger partial charge in [0.25, 0.3) is 0 Å². The Bertz CT molecular complexity index is 618. The lowest BCUT2D eigenvalue weighted by atomic mass is 10.3. The van der Waals surface area contributed by atoms with E-state index in [4.69, 9.17) is 5.73 Å². The van der Waals surface area contributed by atoms with Gasteiger partial charge in [-0.1, -0.05) is 0 Å². The van der Waals surface area contributed by atoms with Gasteiger partial charge in [-0.15, -0.1) is 0 Å². The fourth-order valence-electron chi connectivity index (χ4n) is 1.95. The Morgan fingerprint density at radius 3 is 2.68 bits per heavy atom. The molecule has 1 atom stereocenters. The largest absolute Gasteiger partial charge is 0.398 e. The average Bonchev–Trinajstić information content (AvgIpc) is 2.60. The molecule has 0 saturated carbocycles. The van der Waals surface area contributed by atoms with Crippen molar-refractivity contribution in [1.82, 2.24) is 9.62 Å². The quantitative estimate of drug-likeness (QED) is 0.760. The van der Waals surface area contributed by atoms with Gasteiger partial charge in [0, 0.05) is 13.6 Å². The minimum absolute atomic E-state index is 0.189. The highest BCUT2D eigenvalue weighted by Gasteiger charge is 2.33.